The second kappa shape index (κ2) is 14.7. The molecule has 1 unspecified atom stereocenters. The van der Waals surface area contributed by atoms with Crippen molar-refractivity contribution in [3.05, 3.63) is 209 Å². The Morgan fingerprint density at radius 3 is 1.90 bits per heavy atom. The van der Waals surface area contributed by atoms with Gasteiger partial charge in [-0.1, -0.05) is 171 Å². The highest BCUT2D eigenvalue weighted by atomic mass is 32.1. The third kappa shape index (κ3) is 5.76. The molecule has 0 radical (unpaired) electrons. The van der Waals surface area contributed by atoms with Gasteiger partial charge in [-0.3, -0.25) is 0 Å². The van der Waals surface area contributed by atoms with Crippen LogP contribution in [0.15, 0.2) is 176 Å². The minimum absolute atomic E-state index is 0.418. The van der Waals surface area contributed by atoms with Gasteiger partial charge in [0.1, 0.15) is 5.69 Å². The summed E-state index contributed by atoms with van der Waals surface area (Å²) in [5, 5.41) is 7.44. The summed E-state index contributed by atoms with van der Waals surface area (Å²) in [5.74, 6) is 4.21. The summed E-state index contributed by atoms with van der Waals surface area (Å²) >= 11 is 2.00. The number of hydrogen-bond acceptors (Lipinski definition) is 1. The van der Waals surface area contributed by atoms with Gasteiger partial charge in [-0.2, -0.15) is 0 Å². The molecule has 0 saturated carbocycles. The van der Waals surface area contributed by atoms with Gasteiger partial charge in [0, 0.05) is 32.1 Å². The second-order valence-corrected chi connectivity index (χ2v) is 17.4. The van der Waals surface area contributed by atoms with Crippen LogP contribution in [-0.4, -0.2) is 4.57 Å². The second-order valence-electron chi connectivity index (χ2n) is 16.4. The van der Waals surface area contributed by atoms with Crippen LogP contribution in [0.25, 0.3) is 82.1 Å². The average Bonchev–Trinajstić information content (AvgIpc) is 3.84. The minimum atomic E-state index is 0.418. The van der Waals surface area contributed by atoms with Gasteiger partial charge in [0.2, 0.25) is 0 Å². The van der Waals surface area contributed by atoms with Crippen molar-refractivity contribution < 1.29 is 0 Å². The lowest BCUT2D eigenvalue weighted by Gasteiger charge is -2.29. The monoisotopic (exact) mass is 785 g/mol. The normalized spacial score (nSPS) is 15.4. The quantitative estimate of drug-likeness (QED) is 0.117. The fourth-order valence-corrected chi connectivity index (χ4v) is 11.9. The minimum Gasteiger partial charge on any atom is -0.302 e. The summed E-state index contributed by atoms with van der Waals surface area (Å²) in [4.78, 5) is 1.53. The Morgan fingerprint density at radius 2 is 1.22 bits per heavy atom. The van der Waals surface area contributed by atoms with Gasteiger partial charge in [0.05, 0.1) is 5.52 Å². The molecule has 1 aliphatic rings. The Labute approximate surface area is 355 Å². The Kier molecular flexibility index (Phi) is 8.88. The van der Waals surface area contributed by atoms with E-state index in [-0.39, 0.29) is 0 Å². The molecule has 2 heterocycles. The molecule has 0 spiro atoms. The van der Waals surface area contributed by atoms with Gasteiger partial charge in [-0.05, 0) is 121 Å². The van der Waals surface area contributed by atoms with Crippen molar-refractivity contribution in [2.75, 3.05) is 0 Å². The number of para-hydroxylation sites is 1. The van der Waals surface area contributed by atoms with E-state index in [1.54, 1.807) is 0 Å². The number of aromatic nitrogens is 1. The third-order valence-electron chi connectivity index (χ3n) is 12.9. The molecule has 8 aromatic carbocycles. The summed E-state index contributed by atoms with van der Waals surface area (Å²) in [5.41, 5.74) is 14.4. The van der Waals surface area contributed by atoms with Crippen LogP contribution < -0.4 is 0 Å². The zero-order chi connectivity index (χ0) is 40.3. The first-order valence-electron chi connectivity index (χ1n) is 21.1. The first-order chi connectivity index (χ1) is 29.6. The first-order valence-corrected chi connectivity index (χ1v) is 21.9. The summed E-state index contributed by atoms with van der Waals surface area (Å²) < 4.78 is 3.68. The molecule has 286 valence electrons. The fraction of sp³-hybridized carbons (Fsp3) is 0.103. The van der Waals surface area contributed by atoms with Crippen molar-refractivity contribution in [3.8, 4) is 40.3 Å². The Morgan fingerprint density at radius 1 is 0.633 bits per heavy atom. The predicted molar refractivity (Wildman–Crippen MR) is 258 cm³/mol. The van der Waals surface area contributed by atoms with E-state index in [2.05, 4.69) is 206 Å². The molecule has 1 aliphatic carbocycles. The lowest BCUT2D eigenvalue weighted by molar-refractivity contribution is 0.454. The summed E-state index contributed by atoms with van der Waals surface area (Å²) in [6, 6.07) is 64.1. The van der Waals surface area contributed by atoms with Gasteiger partial charge in [-0.15, -0.1) is 17.8 Å². The van der Waals surface area contributed by atoms with Crippen molar-refractivity contribution in [2.24, 2.45) is 5.92 Å². The molecule has 1 nitrogen and oxygen atoms in total. The summed E-state index contributed by atoms with van der Waals surface area (Å²) in [6.07, 6.45) is 11.3. The van der Waals surface area contributed by atoms with Crippen LogP contribution in [-0.2, 0) is 6.42 Å². The van der Waals surface area contributed by atoms with E-state index in [9.17, 15) is 0 Å². The smallest absolute Gasteiger partial charge is 0.105 e. The maximum atomic E-state index is 6.62. The number of thiophene rings is 1. The number of aryl methyl sites for hydroxylation is 1. The predicted octanol–water partition coefficient (Wildman–Crippen LogP) is 15.7. The maximum Gasteiger partial charge on any atom is 0.105 e. The largest absolute Gasteiger partial charge is 0.302 e. The van der Waals surface area contributed by atoms with E-state index in [4.69, 9.17) is 6.42 Å². The lowest BCUT2D eigenvalue weighted by Crippen LogP contribution is -2.17. The highest BCUT2D eigenvalue weighted by molar-refractivity contribution is 7.19. The number of fused-ring (bicyclic) bond motifs is 6. The summed E-state index contributed by atoms with van der Waals surface area (Å²) in [6.45, 7) is 4.69. The van der Waals surface area contributed by atoms with Crippen molar-refractivity contribution >= 4 is 65.5 Å². The van der Waals surface area contributed by atoms with Crippen molar-refractivity contribution in [1.82, 2.24) is 4.57 Å². The average molecular weight is 786 g/mol. The number of benzene rings is 8. The maximum absolute atomic E-state index is 6.62. The van der Waals surface area contributed by atoms with E-state index < -0.39 is 0 Å². The van der Waals surface area contributed by atoms with Crippen LogP contribution in [0.3, 0.4) is 0 Å². The lowest BCUT2D eigenvalue weighted by atomic mass is 9.76. The van der Waals surface area contributed by atoms with E-state index in [0.29, 0.717) is 11.8 Å². The van der Waals surface area contributed by atoms with Gasteiger partial charge >= 0.3 is 0 Å². The fourth-order valence-electron chi connectivity index (χ4n) is 10.2. The molecule has 0 bridgehead atoms. The third-order valence-corrected chi connectivity index (χ3v) is 14.3. The van der Waals surface area contributed by atoms with E-state index in [0.717, 1.165) is 34.3 Å². The zero-order valence-corrected chi connectivity index (χ0v) is 34.6. The zero-order valence-electron chi connectivity index (χ0n) is 33.8. The van der Waals surface area contributed by atoms with Crippen LogP contribution in [0.2, 0.25) is 0 Å². The Bertz CT molecular complexity index is 3340. The molecule has 2 heteroatoms. The Hall–Kier alpha value is -6.92. The van der Waals surface area contributed by atoms with Crippen LogP contribution in [0.4, 0.5) is 0 Å². The topological polar surface area (TPSA) is 4.93 Å². The number of terminal acetylenes is 1. The van der Waals surface area contributed by atoms with E-state index in [1.807, 2.05) is 11.3 Å². The first kappa shape index (κ1) is 36.2. The van der Waals surface area contributed by atoms with Gasteiger partial charge < -0.3 is 4.57 Å². The summed E-state index contributed by atoms with van der Waals surface area (Å²) in [7, 11) is 0. The molecule has 0 amide bonds. The molecule has 10 aromatic rings. The van der Waals surface area contributed by atoms with E-state index >= 15 is 0 Å². The standard InChI is InChI=1S/C58H43NS/c1-4-52-50(35-38(3)43-28-18-29-48-49-33-31-37(2)54(58(49)60-57(43)48)39-19-8-5-9-20-39)44-25-16-17-30-53(44)59(52)42-32-34-47-51(36-42)56(41-23-12-7-13-24-41)46-27-15-14-26-45(46)55(47)40-21-10-6-11-22-40/h1,5-30,32,34-37,54H,31,33H2,2-3H3/b38-35+/t37-,54?/m0/s1. The van der Waals surface area contributed by atoms with Crippen LogP contribution in [0.1, 0.15) is 59.0 Å². The van der Waals surface area contributed by atoms with Gasteiger partial charge in [0.15, 0.2) is 0 Å². The van der Waals surface area contributed by atoms with Crippen LogP contribution in [0, 0.1) is 18.3 Å². The van der Waals surface area contributed by atoms with Gasteiger partial charge in [0.25, 0.3) is 0 Å². The molecule has 11 rings (SSSR count). The SMILES string of the molecule is C#Cc1c(/C=C(\C)c2cccc3c4c(sc23)C(c2ccccc2)[C@@H](C)CC4)c2ccccc2n1-c1ccc2c(-c3ccccc3)c3ccccc3c(-c3ccccc3)c2c1. The van der Waals surface area contributed by atoms with Crippen molar-refractivity contribution in [3.63, 3.8) is 0 Å². The van der Waals surface area contributed by atoms with Crippen LogP contribution in [0.5, 0.6) is 0 Å². The number of hydrogen-bond donors (Lipinski definition) is 0. The highest BCUT2D eigenvalue weighted by Gasteiger charge is 2.32. The van der Waals surface area contributed by atoms with Crippen LogP contribution >= 0.6 is 11.3 Å². The molecule has 2 aromatic heterocycles. The molecule has 0 fully saturated rings. The molecule has 0 aliphatic heterocycles. The highest BCUT2D eigenvalue weighted by Crippen LogP contribution is 2.50. The molecule has 0 N–H and O–H groups in total. The molecular formula is C58H43NS. The number of allylic oxidation sites excluding steroid dienone is 1. The molecular weight excluding hydrogens is 743 g/mol. The van der Waals surface area contributed by atoms with Crippen molar-refractivity contribution in [1.29, 1.82) is 0 Å². The number of nitrogens with zero attached hydrogens (tertiary/aromatic N) is 1. The van der Waals surface area contributed by atoms with Gasteiger partial charge in [-0.25, -0.2) is 0 Å². The van der Waals surface area contributed by atoms with Crippen molar-refractivity contribution in [2.45, 2.75) is 32.6 Å². The molecule has 2 atom stereocenters. The van der Waals surface area contributed by atoms with E-state index in [1.165, 1.54) is 87.4 Å². The molecule has 60 heavy (non-hydrogen) atoms. The Balaban J connectivity index is 1.12. The molecule has 0 saturated heterocycles. The number of rotatable bonds is 6.